The number of furan rings is 3. The highest BCUT2D eigenvalue weighted by Gasteiger charge is 2.23. The third-order valence-corrected chi connectivity index (χ3v) is 4.47. The van der Waals surface area contributed by atoms with E-state index in [-0.39, 0.29) is 36.5 Å². The molecular weight excluding hydrogens is 432 g/mol. The van der Waals surface area contributed by atoms with Gasteiger partial charge in [0.1, 0.15) is 37.1 Å². The zero-order valence-corrected chi connectivity index (χ0v) is 17.2. The number of rotatable bonds is 9. The van der Waals surface area contributed by atoms with E-state index >= 15 is 0 Å². The Labute approximate surface area is 187 Å². The van der Waals surface area contributed by atoms with Gasteiger partial charge in [-0.1, -0.05) is 0 Å². The number of benzene rings is 1. The molecule has 0 radical (unpaired) electrons. The maximum absolute atomic E-state index is 12.8. The zero-order chi connectivity index (χ0) is 23.0. The Hall–Kier alpha value is -4.53. The lowest BCUT2D eigenvalue weighted by molar-refractivity contribution is 0.0396. The van der Waals surface area contributed by atoms with E-state index in [1.165, 1.54) is 37.0 Å². The predicted molar refractivity (Wildman–Crippen MR) is 110 cm³/mol. The monoisotopic (exact) mass is 450 g/mol. The predicted octanol–water partition coefficient (Wildman–Crippen LogP) is 4.54. The van der Waals surface area contributed by atoms with Gasteiger partial charge < -0.3 is 27.5 Å². The molecule has 1 aromatic carbocycles. The van der Waals surface area contributed by atoms with Gasteiger partial charge in [0.2, 0.25) is 0 Å². The van der Waals surface area contributed by atoms with Crippen LogP contribution >= 0.6 is 0 Å². The molecule has 0 fully saturated rings. The van der Waals surface area contributed by atoms with Gasteiger partial charge in [0.15, 0.2) is 0 Å². The van der Waals surface area contributed by atoms with Crippen LogP contribution in [-0.4, -0.2) is 17.9 Å². The molecular formula is C24H18O9. The van der Waals surface area contributed by atoms with Gasteiger partial charge in [0.05, 0.1) is 35.5 Å². The number of hydrogen-bond acceptors (Lipinski definition) is 9. The number of ether oxygens (including phenoxy) is 3. The molecule has 0 spiro atoms. The quantitative estimate of drug-likeness (QED) is 0.267. The van der Waals surface area contributed by atoms with Crippen LogP contribution in [0.4, 0.5) is 0 Å². The van der Waals surface area contributed by atoms with Crippen molar-refractivity contribution in [3.05, 3.63) is 107 Å². The van der Waals surface area contributed by atoms with Crippen molar-refractivity contribution in [3.8, 4) is 0 Å². The minimum absolute atomic E-state index is 0.0501. The third-order valence-electron chi connectivity index (χ3n) is 4.47. The fourth-order valence-electron chi connectivity index (χ4n) is 2.85. The van der Waals surface area contributed by atoms with Crippen LogP contribution < -0.4 is 0 Å². The largest absolute Gasteiger partial charge is 0.466 e. The summed E-state index contributed by atoms with van der Waals surface area (Å²) in [5, 5.41) is 0. The lowest BCUT2D eigenvalue weighted by Crippen LogP contribution is -2.16. The van der Waals surface area contributed by atoms with Crippen molar-refractivity contribution in [2.24, 2.45) is 0 Å². The highest BCUT2D eigenvalue weighted by atomic mass is 16.6. The van der Waals surface area contributed by atoms with Crippen LogP contribution in [0.3, 0.4) is 0 Å². The molecule has 0 N–H and O–H groups in total. The van der Waals surface area contributed by atoms with Gasteiger partial charge in [-0.05, 0) is 54.6 Å². The second kappa shape index (κ2) is 10.2. The summed E-state index contributed by atoms with van der Waals surface area (Å²) in [6.07, 6.45) is 4.35. The molecule has 3 heterocycles. The van der Waals surface area contributed by atoms with Crippen LogP contribution in [0.2, 0.25) is 0 Å². The van der Waals surface area contributed by atoms with E-state index in [1.807, 2.05) is 0 Å². The SMILES string of the molecule is O=C(OCc1ccco1)c1ccc(C(=O)OCc2ccco2)c(C(=O)OCc2ccco2)c1. The molecule has 0 saturated carbocycles. The number of hydrogen-bond donors (Lipinski definition) is 0. The maximum Gasteiger partial charge on any atom is 0.339 e. The van der Waals surface area contributed by atoms with E-state index < -0.39 is 17.9 Å². The Morgan fingerprint density at radius 1 is 0.576 bits per heavy atom. The average Bonchev–Trinajstić information content (AvgIpc) is 3.63. The zero-order valence-electron chi connectivity index (χ0n) is 17.2. The minimum Gasteiger partial charge on any atom is -0.466 e. The molecule has 0 bridgehead atoms. The Bertz CT molecular complexity index is 1200. The summed E-state index contributed by atoms with van der Waals surface area (Å²) >= 11 is 0. The molecule has 0 unspecified atom stereocenters. The lowest BCUT2D eigenvalue weighted by Gasteiger charge is -2.11. The highest BCUT2D eigenvalue weighted by Crippen LogP contribution is 2.18. The average molecular weight is 450 g/mol. The molecule has 3 aromatic heterocycles. The van der Waals surface area contributed by atoms with Crippen molar-refractivity contribution in [3.63, 3.8) is 0 Å². The van der Waals surface area contributed by atoms with Crippen LogP contribution in [0.25, 0.3) is 0 Å². The lowest BCUT2D eigenvalue weighted by atomic mass is 10.0. The van der Waals surface area contributed by atoms with Gasteiger partial charge in [0.25, 0.3) is 0 Å². The van der Waals surface area contributed by atoms with E-state index in [2.05, 4.69) is 0 Å². The molecule has 9 heteroatoms. The maximum atomic E-state index is 12.8. The normalized spacial score (nSPS) is 10.5. The molecule has 0 aliphatic carbocycles. The molecule has 0 aliphatic heterocycles. The van der Waals surface area contributed by atoms with Crippen molar-refractivity contribution < 1.29 is 41.8 Å². The molecule has 33 heavy (non-hydrogen) atoms. The molecule has 0 aliphatic rings. The fraction of sp³-hybridized carbons (Fsp3) is 0.125. The minimum atomic E-state index is -0.836. The van der Waals surface area contributed by atoms with Crippen LogP contribution in [0.15, 0.2) is 86.6 Å². The molecule has 4 rings (SSSR count). The Morgan fingerprint density at radius 2 is 1.03 bits per heavy atom. The first-order valence-corrected chi connectivity index (χ1v) is 9.82. The first-order chi connectivity index (χ1) is 16.1. The van der Waals surface area contributed by atoms with Crippen LogP contribution in [0, 0.1) is 0 Å². The third kappa shape index (κ3) is 5.59. The van der Waals surface area contributed by atoms with E-state index in [4.69, 9.17) is 27.5 Å². The second-order valence-electron chi connectivity index (χ2n) is 6.73. The van der Waals surface area contributed by atoms with Crippen molar-refractivity contribution in [1.29, 1.82) is 0 Å². The Balaban J connectivity index is 1.52. The highest BCUT2D eigenvalue weighted by molar-refractivity contribution is 6.05. The van der Waals surface area contributed by atoms with Crippen molar-refractivity contribution in [2.45, 2.75) is 19.8 Å². The molecule has 168 valence electrons. The summed E-state index contributed by atoms with van der Waals surface area (Å²) in [5.41, 5.74) is -0.180. The first-order valence-electron chi connectivity index (χ1n) is 9.82. The number of esters is 3. The van der Waals surface area contributed by atoms with Gasteiger partial charge >= 0.3 is 17.9 Å². The van der Waals surface area contributed by atoms with Crippen LogP contribution in [0.5, 0.6) is 0 Å². The van der Waals surface area contributed by atoms with Gasteiger partial charge in [-0.2, -0.15) is 0 Å². The van der Waals surface area contributed by atoms with E-state index in [0.717, 1.165) is 0 Å². The number of carbonyl (C=O) groups excluding carboxylic acids is 3. The van der Waals surface area contributed by atoms with Crippen molar-refractivity contribution in [2.75, 3.05) is 0 Å². The van der Waals surface area contributed by atoms with Gasteiger partial charge in [-0.25, -0.2) is 14.4 Å². The number of carbonyl (C=O) groups is 3. The summed E-state index contributed by atoms with van der Waals surface area (Å²) in [4.78, 5) is 37.9. The molecule has 0 amide bonds. The van der Waals surface area contributed by atoms with Gasteiger partial charge in [-0.15, -0.1) is 0 Å². The fourth-order valence-corrected chi connectivity index (χ4v) is 2.85. The summed E-state index contributed by atoms with van der Waals surface area (Å²) < 4.78 is 31.1. The van der Waals surface area contributed by atoms with Crippen molar-refractivity contribution >= 4 is 17.9 Å². The van der Waals surface area contributed by atoms with Gasteiger partial charge in [0, 0.05) is 0 Å². The van der Waals surface area contributed by atoms with E-state index in [0.29, 0.717) is 17.3 Å². The molecule has 9 nitrogen and oxygen atoms in total. The summed E-state index contributed by atoms with van der Waals surface area (Å²) in [6, 6.07) is 13.8. The van der Waals surface area contributed by atoms with E-state index in [9.17, 15) is 14.4 Å². The summed E-state index contributed by atoms with van der Waals surface area (Å²) in [6.45, 7) is -0.364. The molecule has 0 atom stereocenters. The van der Waals surface area contributed by atoms with E-state index in [1.54, 1.807) is 36.4 Å². The summed E-state index contributed by atoms with van der Waals surface area (Å²) in [7, 11) is 0. The molecule has 0 saturated heterocycles. The smallest absolute Gasteiger partial charge is 0.339 e. The Kier molecular flexibility index (Phi) is 6.70. The topological polar surface area (TPSA) is 118 Å². The standard InChI is InChI=1S/C24H18O9/c25-22(31-13-17-4-1-9-28-17)16-7-8-20(23(26)32-14-18-5-2-10-29-18)21(12-16)24(27)33-15-19-6-3-11-30-19/h1-12H,13-15H2. The molecule has 4 aromatic rings. The first kappa shape index (κ1) is 21.7. The van der Waals surface area contributed by atoms with Crippen LogP contribution in [0.1, 0.15) is 48.4 Å². The second-order valence-corrected chi connectivity index (χ2v) is 6.73. The van der Waals surface area contributed by atoms with Gasteiger partial charge in [-0.3, -0.25) is 0 Å². The van der Waals surface area contributed by atoms with Crippen LogP contribution in [-0.2, 0) is 34.0 Å². The Morgan fingerprint density at radius 3 is 1.48 bits per heavy atom. The van der Waals surface area contributed by atoms with Crippen molar-refractivity contribution in [1.82, 2.24) is 0 Å². The summed E-state index contributed by atoms with van der Waals surface area (Å²) in [5.74, 6) is -1.02.